The van der Waals surface area contributed by atoms with Gasteiger partial charge in [0.05, 0.1) is 19.1 Å². The van der Waals surface area contributed by atoms with Crippen molar-refractivity contribution in [3.05, 3.63) is 88.1 Å². The first kappa shape index (κ1) is 23.0. The number of methoxy groups -OCH3 is 1. The number of amides is 2. The lowest BCUT2D eigenvalue weighted by atomic mass is 9.83. The van der Waals surface area contributed by atoms with E-state index in [4.69, 9.17) is 4.74 Å². The van der Waals surface area contributed by atoms with Crippen molar-refractivity contribution in [1.29, 1.82) is 0 Å². The molecule has 1 saturated heterocycles. The monoisotopic (exact) mass is 510 g/mol. The normalized spacial score (nSPS) is 18.2. The number of benzene rings is 3. The molecule has 5 nitrogen and oxygen atoms in total. The summed E-state index contributed by atoms with van der Waals surface area (Å²) in [6, 6.07) is 18.2. The number of nitrogens with zero attached hydrogens (tertiary/aromatic N) is 1. The van der Waals surface area contributed by atoms with Crippen LogP contribution in [0, 0.1) is 18.7 Å². The van der Waals surface area contributed by atoms with Gasteiger partial charge in [-0.05, 0) is 79.1 Å². The van der Waals surface area contributed by atoms with Crippen LogP contribution in [0.5, 0.6) is 5.75 Å². The average Bonchev–Trinajstić information content (AvgIpc) is 2.81. The molecule has 1 aliphatic heterocycles. The molecule has 3 aromatic carbocycles. The predicted octanol–water partition coefficient (Wildman–Crippen LogP) is 6.03. The Balaban J connectivity index is 1.73. The number of carbonyl (C=O) groups excluding carboxylic acids is 2. The molecule has 2 atom stereocenters. The molecule has 1 aliphatic rings. The summed E-state index contributed by atoms with van der Waals surface area (Å²) in [6.07, 6.45) is 0.635. The summed E-state index contributed by atoms with van der Waals surface area (Å²) in [5.41, 5.74) is 3.00. The van der Waals surface area contributed by atoms with Gasteiger partial charge in [-0.1, -0.05) is 28.1 Å². The highest BCUT2D eigenvalue weighted by Gasteiger charge is 2.41. The highest BCUT2D eigenvalue weighted by atomic mass is 79.9. The summed E-state index contributed by atoms with van der Waals surface area (Å²) in [4.78, 5) is 28.2. The molecule has 170 valence electrons. The standard InChI is InChI=1S/C26H24BrFN2O3/c1-16-15-18(27)5-13-23(16)29-26(32)22-12-14-24(31)30(20-8-10-21(33-2)11-9-20)25(22)17-3-6-19(28)7-4-17/h3-11,13,15,22,25H,12,14H2,1-2H3,(H,29,32)/t22-,25+/m1/s1. The second-order valence-corrected chi connectivity index (χ2v) is 8.97. The van der Waals surface area contributed by atoms with E-state index in [9.17, 15) is 14.0 Å². The van der Waals surface area contributed by atoms with E-state index >= 15 is 0 Å². The zero-order chi connectivity index (χ0) is 23.5. The van der Waals surface area contributed by atoms with Crippen LogP contribution in [0.15, 0.2) is 71.2 Å². The van der Waals surface area contributed by atoms with Crippen molar-refractivity contribution < 1.29 is 18.7 Å². The molecule has 0 radical (unpaired) electrons. The minimum Gasteiger partial charge on any atom is -0.497 e. The molecule has 0 bridgehead atoms. The molecular formula is C26H24BrFN2O3. The fraction of sp³-hybridized carbons (Fsp3) is 0.231. The lowest BCUT2D eigenvalue weighted by molar-refractivity contribution is -0.125. The summed E-state index contributed by atoms with van der Waals surface area (Å²) in [7, 11) is 1.58. The molecule has 33 heavy (non-hydrogen) atoms. The van der Waals surface area contributed by atoms with Crippen LogP contribution in [0.3, 0.4) is 0 Å². The molecule has 2 amide bonds. The maximum atomic E-state index is 13.7. The number of aryl methyl sites for hydroxylation is 1. The molecule has 0 unspecified atom stereocenters. The topological polar surface area (TPSA) is 58.6 Å². The highest BCUT2D eigenvalue weighted by Crippen LogP contribution is 2.41. The van der Waals surface area contributed by atoms with E-state index in [0.717, 1.165) is 10.0 Å². The lowest BCUT2D eigenvalue weighted by Crippen LogP contribution is -2.47. The molecule has 0 saturated carbocycles. The number of ether oxygens (including phenoxy) is 1. The Morgan fingerprint density at radius 1 is 1.09 bits per heavy atom. The van der Waals surface area contributed by atoms with E-state index in [-0.39, 0.29) is 24.1 Å². The number of hydrogen-bond acceptors (Lipinski definition) is 3. The van der Waals surface area contributed by atoms with Crippen molar-refractivity contribution in [2.24, 2.45) is 5.92 Å². The average molecular weight is 511 g/mol. The van der Waals surface area contributed by atoms with E-state index < -0.39 is 12.0 Å². The van der Waals surface area contributed by atoms with E-state index in [1.807, 2.05) is 25.1 Å². The van der Waals surface area contributed by atoms with Crippen LogP contribution >= 0.6 is 15.9 Å². The van der Waals surface area contributed by atoms with Crippen LogP contribution in [0.1, 0.15) is 30.0 Å². The fourth-order valence-corrected chi connectivity index (χ4v) is 4.72. The SMILES string of the molecule is COc1ccc(N2C(=O)CC[C@@H](C(=O)Nc3ccc(Br)cc3C)[C@@H]2c2ccc(F)cc2)cc1. The zero-order valence-corrected chi connectivity index (χ0v) is 19.9. The third-order valence-electron chi connectivity index (χ3n) is 5.94. The van der Waals surface area contributed by atoms with Crippen molar-refractivity contribution in [2.45, 2.75) is 25.8 Å². The van der Waals surface area contributed by atoms with Crippen LogP contribution < -0.4 is 15.0 Å². The van der Waals surface area contributed by atoms with Gasteiger partial charge >= 0.3 is 0 Å². The first-order valence-electron chi connectivity index (χ1n) is 10.7. The third kappa shape index (κ3) is 4.93. The smallest absolute Gasteiger partial charge is 0.229 e. The van der Waals surface area contributed by atoms with E-state index in [2.05, 4.69) is 21.2 Å². The largest absolute Gasteiger partial charge is 0.497 e. The minimum atomic E-state index is -0.573. The molecule has 0 aromatic heterocycles. The Kier molecular flexibility index (Phi) is 6.79. The first-order chi connectivity index (χ1) is 15.9. The van der Waals surface area contributed by atoms with Gasteiger partial charge < -0.3 is 15.0 Å². The number of piperidine rings is 1. The van der Waals surface area contributed by atoms with Gasteiger partial charge in [-0.3, -0.25) is 9.59 Å². The maximum Gasteiger partial charge on any atom is 0.229 e. The molecule has 1 fully saturated rings. The third-order valence-corrected chi connectivity index (χ3v) is 6.44. The summed E-state index contributed by atoms with van der Waals surface area (Å²) in [5.74, 6) is -0.484. The fourth-order valence-electron chi connectivity index (χ4n) is 4.25. The number of anilines is 2. The second kappa shape index (κ2) is 9.75. The number of hydrogen-bond donors (Lipinski definition) is 1. The van der Waals surface area contributed by atoms with Gasteiger partial charge in [-0.25, -0.2) is 4.39 Å². The molecule has 7 heteroatoms. The van der Waals surface area contributed by atoms with E-state index in [1.165, 1.54) is 12.1 Å². The zero-order valence-electron chi connectivity index (χ0n) is 18.3. The van der Waals surface area contributed by atoms with E-state index in [0.29, 0.717) is 29.1 Å². The molecule has 3 aromatic rings. The number of nitrogens with one attached hydrogen (secondary N) is 1. The van der Waals surface area contributed by atoms with Crippen LogP contribution in [0.2, 0.25) is 0 Å². The number of carbonyl (C=O) groups is 2. The molecule has 1 N–H and O–H groups in total. The Bertz CT molecular complexity index is 1170. The number of rotatable bonds is 5. The van der Waals surface area contributed by atoms with Gasteiger partial charge in [0.2, 0.25) is 11.8 Å². The Labute approximate surface area is 200 Å². The predicted molar refractivity (Wildman–Crippen MR) is 130 cm³/mol. The summed E-state index contributed by atoms with van der Waals surface area (Å²) >= 11 is 3.44. The Hall–Kier alpha value is -3.19. The van der Waals surface area contributed by atoms with Crippen molar-refractivity contribution >= 4 is 39.1 Å². The van der Waals surface area contributed by atoms with Crippen molar-refractivity contribution in [2.75, 3.05) is 17.3 Å². The quantitative estimate of drug-likeness (QED) is 0.455. The summed E-state index contributed by atoms with van der Waals surface area (Å²) < 4.78 is 19.8. The number of halogens is 2. The highest BCUT2D eigenvalue weighted by molar-refractivity contribution is 9.10. The molecular weight excluding hydrogens is 487 g/mol. The van der Waals surface area contributed by atoms with Gasteiger partial charge in [0.15, 0.2) is 0 Å². The lowest BCUT2D eigenvalue weighted by Gasteiger charge is -2.41. The van der Waals surface area contributed by atoms with Gasteiger partial charge in [0.1, 0.15) is 11.6 Å². The van der Waals surface area contributed by atoms with Gasteiger partial charge in [0.25, 0.3) is 0 Å². The first-order valence-corrected chi connectivity index (χ1v) is 11.5. The van der Waals surface area contributed by atoms with Crippen LogP contribution in [0.4, 0.5) is 15.8 Å². The molecule has 1 heterocycles. The van der Waals surface area contributed by atoms with Gasteiger partial charge in [-0.2, -0.15) is 0 Å². The van der Waals surface area contributed by atoms with Crippen LogP contribution in [-0.4, -0.2) is 18.9 Å². The van der Waals surface area contributed by atoms with Gasteiger partial charge in [0, 0.05) is 22.3 Å². The maximum absolute atomic E-state index is 13.7. The van der Waals surface area contributed by atoms with Crippen LogP contribution in [-0.2, 0) is 9.59 Å². The van der Waals surface area contributed by atoms with Crippen molar-refractivity contribution in [3.8, 4) is 5.75 Å². The second-order valence-electron chi connectivity index (χ2n) is 8.05. The molecule has 0 aliphatic carbocycles. The molecule has 0 spiro atoms. The summed E-state index contributed by atoms with van der Waals surface area (Å²) in [5, 5.41) is 3.03. The van der Waals surface area contributed by atoms with Crippen LogP contribution in [0.25, 0.3) is 0 Å². The van der Waals surface area contributed by atoms with E-state index in [1.54, 1.807) is 48.4 Å². The summed E-state index contributed by atoms with van der Waals surface area (Å²) in [6.45, 7) is 1.92. The minimum absolute atomic E-state index is 0.0848. The van der Waals surface area contributed by atoms with Gasteiger partial charge in [-0.15, -0.1) is 0 Å². The van der Waals surface area contributed by atoms with Crippen molar-refractivity contribution in [1.82, 2.24) is 0 Å². The van der Waals surface area contributed by atoms with Crippen molar-refractivity contribution in [3.63, 3.8) is 0 Å². The Morgan fingerprint density at radius 2 is 1.79 bits per heavy atom. The Morgan fingerprint density at radius 3 is 2.42 bits per heavy atom. The molecule has 4 rings (SSSR count).